The molecule has 7 heteroatoms. The second kappa shape index (κ2) is 10.7. The predicted octanol–water partition coefficient (Wildman–Crippen LogP) is 3.36. The Labute approximate surface area is 168 Å². The van der Waals surface area contributed by atoms with Gasteiger partial charge in [-0.3, -0.25) is 0 Å². The number of nitrogens with zero attached hydrogens (tertiary/aromatic N) is 1. The van der Waals surface area contributed by atoms with E-state index in [0.29, 0.717) is 18.9 Å². The summed E-state index contributed by atoms with van der Waals surface area (Å²) < 4.78 is 28.4. The molecular weight excluding hydrogens is 374 g/mol. The molecule has 0 aliphatic heterocycles. The number of benzene rings is 2. The van der Waals surface area contributed by atoms with Gasteiger partial charge in [-0.05, 0) is 50.1 Å². The number of ether oxygens (including phenoxy) is 1. The van der Waals surface area contributed by atoms with Crippen LogP contribution in [0.3, 0.4) is 0 Å². The van der Waals surface area contributed by atoms with E-state index in [1.54, 1.807) is 0 Å². The summed E-state index contributed by atoms with van der Waals surface area (Å²) in [5.74, 6) is 2.41. The first-order valence-corrected chi connectivity index (χ1v) is 11.5. The molecule has 0 saturated carbocycles. The molecule has 2 N–H and O–H groups in total. The monoisotopic (exact) mass is 403 g/mol. The van der Waals surface area contributed by atoms with Crippen LogP contribution in [0.15, 0.2) is 59.6 Å². The number of rotatable bonds is 9. The largest absolute Gasteiger partial charge is 0.457 e. The molecule has 2 rings (SSSR count). The van der Waals surface area contributed by atoms with Crippen molar-refractivity contribution in [3.05, 3.63) is 60.2 Å². The molecule has 1 atom stereocenters. The molecule has 0 spiro atoms. The highest BCUT2D eigenvalue weighted by molar-refractivity contribution is 7.90. The highest BCUT2D eigenvalue weighted by Crippen LogP contribution is 2.21. The van der Waals surface area contributed by atoms with E-state index in [-0.39, 0.29) is 11.8 Å². The molecular formula is C21H29N3O3S. The fraction of sp³-hybridized carbons (Fsp3) is 0.381. The summed E-state index contributed by atoms with van der Waals surface area (Å²) in [6, 6.07) is 17.5. The van der Waals surface area contributed by atoms with E-state index < -0.39 is 9.84 Å². The van der Waals surface area contributed by atoms with Crippen molar-refractivity contribution in [2.75, 3.05) is 18.6 Å². The van der Waals surface area contributed by atoms with Gasteiger partial charge in [0.2, 0.25) is 0 Å². The van der Waals surface area contributed by atoms with Crippen molar-refractivity contribution in [1.29, 1.82) is 0 Å². The number of sulfone groups is 1. The number of aliphatic imine (C=N–C) groups is 1. The molecule has 0 radical (unpaired) electrons. The van der Waals surface area contributed by atoms with Crippen molar-refractivity contribution < 1.29 is 13.2 Å². The first-order valence-electron chi connectivity index (χ1n) is 9.40. The van der Waals surface area contributed by atoms with Gasteiger partial charge >= 0.3 is 0 Å². The molecule has 2 aromatic rings. The second-order valence-electron chi connectivity index (χ2n) is 6.72. The molecule has 152 valence electrons. The molecule has 0 aromatic heterocycles. The Hall–Kier alpha value is -2.54. The van der Waals surface area contributed by atoms with Crippen LogP contribution in [0.25, 0.3) is 0 Å². The lowest BCUT2D eigenvalue weighted by Gasteiger charge is -2.17. The van der Waals surface area contributed by atoms with Crippen molar-refractivity contribution in [3.8, 4) is 11.5 Å². The standard InChI is InChI=1S/C21H29N3O3S/c1-4-22-21(24-17(2)14-15-28(3,25)26)23-16-18-10-12-20(13-11-18)27-19-8-6-5-7-9-19/h5-13,17H,4,14-16H2,1-3H3,(H2,22,23,24). The van der Waals surface area contributed by atoms with Gasteiger partial charge in [-0.15, -0.1) is 0 Å². The third-order valence-electron chi connectivity index (χ3n) is 3.97. The van der Waals surface area contributed by atoms with E-state index in [9.17, 15) is 8.42 Å². The Morgan fingerprint density at radius 2 is 1.71 bits per heavy atom. The van der Waals surface area contributed by atoms with Gasteiger partial charge in [0, 0.05) is 18.8 Å². The zero-order valence-electron chi connectivity index (χ0n) is 16.7. The third kappa shape index (κ3) is 8.43. The van der Waals surface area contributed by atoms with Gasteiger partial charge in [-0.25, -0.2) is 13.4 Å². The molecule has 0 fully saturated rings. The maximum absolute atomic E-state index is 11.3. The van der Waals surface area contributed by atoms with Crippen LogP contribution < -0.4 is 15.4 Å². The first-order chi connectivity index (χ1) is 13.4. The van der Waals surface area contributed by atoms with Crippen LogP contribution in [0.2, 0.25) is 0 Å². The number of nitrogens with one attached hydrogen (secondary N) is 2. The summed E-state index contributed by atoms with van der Waals surface area (Å²) in [7, 11) is -2.96. The Bertz CT molecular complexity index is 850. The number of hydrogen-bond acceptors (Lipinski definition) is 4. The molecule has 0 heterocycles. The Kier molecular flexibility index (Phi) is 8.32. The molecule has 0 aliphatic carbocycles. The maximum atomic E-state index is 11.3. The van der Waals surface area contributed by atoms with Crippen molar-refractivity contribution in [2.24, 2.45) is 4.99 Å². The van der Waals surface area contributed by atoms with Gasteiger partial charge in [0.1, 0.15) is 21.3 Å². The van der Waals surface area contributed by atoms with E-state index >= 15 is 0 Å². The topological polar surface area (TPSA) is 79.8 Å². The lowest BCUT2D eigenvalue weighted by molar-refractivity contribution is 0.482. The van der Waals surface area contributed by atoms with Crippen LogP contribution in [0, 0.1) is 0 Å². The molecule has 0 saturated heterocycles. The van der Waals surface area contributed by atoms with Crippen LogP contribution in [-0.4, -0.2) is 39.0 Å². The van der Waals surface area contributed by atoms with E-state index in [0.717, 1.165) is 23.6 Å². The lowest BCUT2D eigenvalue weighted by Crippen LogP contribution is -2.42. The van der Waals surface area contributed by atoms with Crippen LogP contribution in [0.1, 0.15) is 25.8 Å². The average Bonchev–Trinajstić information content (AvgIpc) is 2.66. The molecule has 28 heavy (non-hydrogen) atoms. The van der Waals surface area contributed by atoms with E-state index in [4.69, 9.17) is 4.74 Å². The Morgan fingerprint density at radius 1 is 1.07 bits per heavy atom. The minimum atomic E-state index is -2.96. The lowest BCUT2D eigenvalue weighted by atomic mass is 10.2. The van der Waals surface area contributed by atoms with Crippen molar-refractivity contribution in [2.45, 2.75) is 32.9 Å². The summed E-state index contributed by atoms with van der Waals surface area (Å²) >= 11 is 0. The zero-order chi connectivity index (χ0) is 20.4. The van der Waals surface area contributed by atoms with Crippen LogP contribution in [-0.2, 0) is 16.4 Å². The Morgan fingerprint density at radius 3 is 2.32 bits per heavy atom. The fourth-order valence-electron chi connectivity index (χ4n) is 2.47. The highest BCUT2D eigenvalue weighted by Gasteiger charge is 2.09. The first kappa shape index (κ1) is 21.8. The SMILES string of the molecule is CCNC(=NCc1ccc(Oc2ccccc2)cc1)NC(C)CCS(C)(=O)=O. The third-order valence-corrected chi connectivity index (χ3v) is 4.95. The van der Waals surface area contributed by atoms with E-state index in [2.05, 4.69) is 15.6 Å². The number of guanidine groups is 1. The minimum absolute atomic E-state index is 0.00849. The average molecular weight is 404 g/mol. The summed E-state index contributed by atoms with van der Waals surface area (Å²) in [6.07, 6.45) is 1.79. The molecule has 0 amide bonds. The predicted molar refractivity (Wildman–Crippen MR) is 115 cm³/mol. The van der Waals surface area contributed by atoms with Crippen molar-refractivity contribution in [1.82, 2.24) is 10.6 Å². The van der Waals surface area contributed by atoms with Gasteiger partial charge < -0.3 is 15.4 Å². The van der Waals surface area contributed by atoms with Gasteiger partial charge in [0.05, 0.1) is 12.3 Å². The summed E-state index contributed by atoms with van der Waals surface area (Å²) in [5, 5.41) is 6.44. The smallest absolute Gasteiger partial charge is 0.191 e. The van der Waals surface area contributed by atoms with Gasteiger partial charge in [0.25, 0.3) is 0 Å². The van der Waals surface area contributed by atoms with Crippen molar-refractivity contribution >= 4 is 15.8 Å². The molecule has 6 nitrogen and oxygen atoms in total. The molecule has 1 unspecified atom stereocenters. The number of hydrogen-bond donors (Lipinski definition) is 2. The highest BCUT2D eigenvalue weighted by atomic mass is 32.2. The molecule has 0 aliphatic rings. The zero-order valence-corrected chi connectivity index (χ0v) is 17.5. The van der Waals surface area contributed by atoms with Crippen molar-refractivity contribution in [3.63, 3.8) is 0 Å². The summed E-state index contributed by atoms with van der Waals surface area (Å²) in [6.45, 7) is 5.19. The maximum Gasteiger partial charge on any atom is 0.191 e. The molecule has 0 bridgehead atoms. The van der Waals surface area contributed by atoms with Crippen LogP contribution in [0.5, 0.6) is 11.5 Å². The Balaban J connectivity index is 1.92. The van der Waals surface area contributed by atoms with Gasteiger partial charge in [-0.1, -0.05) is 30.3 Å². The normalized spacial score (nSPS) is 13.0. The quantitative estimate of drug-likeness (QED) is 0.496. The minimum Gasteiger partial charge on any atom is -0.457 e. The van der Waals surface area contributed by atoms with E-state index in [1.165, 1.54) is 6.26 Å². The summed E-state index contributed by atoms with van der Waals surface area (Å²) in [5.41, 5.74) is 1.06. The number of para-hydroxylation sites is 1. The molecule has 2 aromatic carbocycles. The van der Waals surface area contributed by atoms with Crippen LogP contribution in [0.4, 0.5) is 0 Å². The van der Waals surface area contributed by atoms with Gasteiger partial charge in [0.15, 0.2) is 5.96 Å². The fourth-order valence-corrected chi connectivity index (χ4v) is 3.26. The van der Waals surface area contributed by atoms with Crippen LogP contribution >= 0.6 is 0 Å². The van der Waals surface area contributed by atoms with Gasteiger partial charge in [-0.2, -0.15) is 0 Å². The van der Waals surface area contributed by atoms with E-state index in [1.807, 2.05) is 68.4 Å². The summed E-state index contributed by atoms with van der Waals surface area (Å²) in [4.78, 5) is 4.59. The second-order valence-corrected chi connectivity index (χ2v) is 8.98.